The molecule has 0 unspecified atom stereocenters. The van der Waals surface area contributed by atoms with Crippen LogP contribution in [-0.4, -0.2) is 27.8 Å². The average Bonchev–Trinajstić information content (AvgIpc) is 3.24. The first-order valence-electron chi connectivity index (χ1n) is 9.60. The highest BCUT2D eigenvalue weighted by Crippen LogP contribution is 2.32. The molecule has 0 atom stereocenters. The third-order valence-corrected chi connectivity index (χ3v) is 4.69. The second-order valence-electron chi connectivity index (χ2n) is 6.92. The van der Waals surface area contributed by atoms with Gasteiger partial charge in [-0.15, -0.1) is 5.10 Å². The highest BCUT2D eigenvalue weighted by Gasteiger charge is 2.31. The van der Waals surface area contributed by atoms with Crippen LogP contribution >= 0.6 is 0 Å². The zero-order valence-corrected chi connectivity index (χ0v) is 17.1. The Morgan fingerprint density at radius 2 is 1.70 bits per heavy atom. The van der Waals surface area contributed by atoms with E-state index in [1.807, 2.05) is 0 Å². The molecule has 1 heterocycles. The largest absolute Gasteiger partial charge is 0.466 e. The lowest BCUT2D eigenvalue weighted by Crippen LogP contribution is -2.12. The summed E-state index contributed by atoms with van der Waals surface area (Å²) >= 11 is 0. The van der Waals surface area contributed by atoms with Gasteiger partial charge >= 0.3 is 12.2 Å². The first kappa shape index (κ1) is 22.0. The van der Waals surface area contributed by atoms with Crippen LogP contribution in [0.25, 0.3) is 17.1 Å². The van der Waals surface area contributed by atoms with Gasteiger partial charge in [0, 0.05) is 16.8 Å². The van der Waals surface area contributed by atoms with Gasteiger partial charge in [0.15, 0.2) is 5.82 Å². The van der Waals surface area contributed by atoms with Gasteiger partial charge in [0.25, 0.3) is 5.91 Å². The molecule has 33 heavy (non-hydrogen) atoms. The number of nitrogens with zero attached hydrogens (tertiary/aromatic N) is 3. The van der Waals surface area contributed by atoms with Crippen LogP contribution in [0.1, 0.15) is 15.9 Å². The predicted octanol–water partition coefficient (Wildman–Crippen LogP) is 5.35. The topological polar surface area (TPSA) is 69.0 Å². The van der Waals surface area contributed by atoms with Crippen molar-refractivity contribution >= 4 is 11.6 Å². The van der Waals surface area contributed by atoms with Gasteiger partial charge in [-0.2, -0.15) is 18.2 Å². The Hall–Kier alpha value is -4.21. The minimum atomic E-state index is -4.50. The minimum absolute atomic E-state index is 0.0175. The number of carbonyl (C=O) groups excluding carboxylic acids is 1. The summed E-state index contributed by atoms with van der Waals surface area (Å²) in [5.41, 5.74) is 0.619. The fourth-order valence-corrected chi connectivity index (χ4v) is 3.07. The molecule has 0 aliphatic carbocycles. The maximum atomic E-state index is 13.1. The summed E-state index contributed by atoms with van der Waals surface area (Å²) in [6.07, 6.45) is -4.50. The Balaban J connectivity index is 1.63. The van der Waals surface area contributed by atoms with E-state index in [0.29, 0.717) is 11.4 Å². The third kappa shape index (κ3) is 4.84. The molecule has 0 radical (unpaired) electrons. The van der Waals surface area contributed by atoms with Crippen molar-refractivity contribution in [1.29, 1.82) is 0 Å². The van der Waals surface area contributed by atoms with Crippen LogP contribution in [0, 0.1) is 5.82 Å². The van der Waals surface area contributed by atoms with E-state index in [2.05, 4.69) is 15.4 Å². The van der Waals surface area contributed by atoms with E-state index in [1.165, 1.54) is 48.2 Å². The minimum Gasteiger partial charge on any atom is -0.466 e. The molecule has 1 aromatic heterocycles. The van der Waals surface area contributed by atoms with Gasteiger partial charge in [-0.3, -0.25) is 4.79 Å². The summed E-state index contributed by atoms with van der Waals surface area (Å²) in [6.45, 7) is 0. The zero-order valence-electron chi connectivity index (χ0n) is 17.1. The molecule has 0 spiro atoms. The van der Waals surface area contributed by atoms with E-state index >= 15 is 0 Å². The molecule has 3 aromatic carbocycles. The van der Waals surface area contributed by atoms with Gasteiger partial charge in [-0.05, 0) is 60.7 Å². The van der Waals surface area contributed by atoms with Crippen LogP contribution in [0.2, 0.25) is 0 Å². The second-order valence-corrected chi connectivity index (χ2v) is 6.92. The number of aromatic nitrogens is 3. The molecule has 10 heteroatoms. The number of halogens is 4. The smallest absolute Gasteiger partial charge is 0.416 e. The van der Waals surface area contributed by atoms with Crippen LogP contribution in [0.3, 0.4) is 0 Å². The fourth-order valence-electron chi connectivity index (χ4n) is 3.07. The van der Waals surface area contributed by atoms with Gasteiger partial charge in [-0.1, -0.05) is 12.1 Å². The van der Waals surface area contributed by atoms with Crippen molar-refractivity contribution in [2.75, 3.05) is 12.4 Å². The third-order valence-electron chi connectivity index (χ3n) is 4.69. The number of carbonyl (C=O) groups is 1. The van der Waals surface area contributed by atoms with Gasteiger partial charge in [-0.25, -0.2) is 9.07 Å². The Bertz CT molecular complexity index is 1280. The summed E-state index contributed by atoms with van der Waals surface area (Å²) in [5, 5.41) is 6.88. The maximum Gasteiger partial charge on any atom is 0.416 e. The summed E-state index contributed by atoms with van der Waals surface area (Å²) in [6, 6.07) is 16.2. The van der Waals surface area contributed by atoms with Crippen molar-refractivity contribution in [1.82, 2.24) is 14.8 Å². The molecule has 168 valence electrons. The summed E-state index contributed by atoms with van der Waals surface area (Å²) in [5.74, 6) is -0.716. The Kier molecular flexibility index (Phi) is 5.82. The molecular formula is C23H16F4N4O2. The molecule has 4 rings (SSSR count). The van der Waals surface area contributed by atoms with Crippen LogP contribution in [0.5, 0.6) is 6.01 Å². The summed E-state index contributed by atoms with van der Waals surface area (Å²) < 4.78 is 58.9. The molecule has 0 bridgehead atoms. The quantitative estimate of drug-likeness (QED) is 0.411. The first-order valence-corrected chi connectivity index (χ1v) is 9.60. The number of rotatable bonds is 5. The van der Waals surface area contributed by atoms with E-state index < -0.39 is 23.5 Å². The molecule has 0 aliphatic heterocycles. The lowest BCUT2D eigenvalue weighted by atomic mass is 10.1. The van der Waals surface area contributed by atoms with E-state index in [9.17, 15) is 22.4 Å². The number of benzene rings is 3. The number of methoxy groups -OCH3 is 1. The molecule has 1 N–H and O–H groups in total. The molecule has 0 fully saturated rings. The fraction of sp³-hybridized carbons (Fsp3) is 0.0870. The van der Waals surface area contributed by atoms with Gasteiger partial charge < -0.3 is 10.1 Å². The van der Waals surface area contributed by atoms with Crippen LogP contribution in [0.4, 0.5) is 23.2 Å². The van der Waals surface area contributed by atoms with Crippen molar-refractivity contribution in [3.63, 3.8) is 0 Å². The standard InChI is InChI=1S/C23H16F4N4O2/c1-33-22-29-20(15-3-2-4-16(13-15)23(25,26)27)31(30-22)19-11-9-18(10-12-19)28-21(32)14-5-7-17(24)8-6-14/h2-13H,1H3,(H,28,32). The average molecular weight is 456 g/mol. The number of hydrogen-bond acceptors (Lipinski definition) is 4. The maximum absolute atomic E-state index is 13.1. The monoisotopic (exact) mass is 456 g/mol. The molecule has 0 saturated heterocycles. The van der Waals surface area contributed by atoms with E-state index in [1.54, 1.807) is 24.3 Å². The molecule has 0 saturated carbocycles. The second kappa shape index (κ2) is 8.73. The molecule has 1 amide bonds. The predicted molar refractivity (Wildman–Crippen MR) is 113 cm³/mol. The highest BCUT2D eigenvalue weighted by molar-refractivity contribution is 6.04. The molecule has 6 nitrogen and oxygen atoms in total. The number of nitrogens with one attached hydrogen (secondary N) is 1. The lowest BCUT2D eigenvalue weighted by molar-refractivity contribution is -0.137. The van der Waals surface area contributed by atoms with Crippen LogP contribution in [-0.2, 0) is 6.18 Å². The van der Waals surface area contributed by atoms with Crippen LogP contribution in [0.15, 0.2) is 72.8 Å². The van der Waals surface area contributed by atoms with Crippen molar-refractivity contribution in [3.8, 4) is 23.1 Å². The van der Waals surface area contributed by atoms with Crippen molar-refractivity contribution < 1.29 is 27.1 Å². The van der Waals surface area contributed by atoms with Crippen molar-refractivity contribution in [2.45, 2.75) is 6.18 Å². The van der Waals surface area contributed by atoms with E-state index in [-0.39, 0.29) is 23.0 Å². The normalized spacial score (nSPS) is 11.3. The number of alkyl halides is 3. The summed E-state index contributed by atoms with van der Waals surface area (Å²) in [4.78, 5) is 16.5. The van der Waals surface area contributed by atoms with E-state index in [4.69, 9.17) is 4.74 Å². The zero-order chi connectivity index (χ0) is 23.6. The van der Waals surface area contributed by atoms with Crippen molar-refractivity contribution in [2.24, 2.45) is 0 Å². The Morgan fingerprint density at radius 3 is 2.33 bits per heavy atom. The van der Waals surface area contributed by atoms with E-state index in [0.717, 1.165) is 12.1 Å². The molecule has 0 aliphatic rings. The lowest BCUT2D eigenvalue weighted by Gasteiger charge is -2.10. The number of amides is 1. The SMILES string of the molecule is COc1nc(-c2cccc(C(F)(F)F)c2)n(-c2ccc(NC(=O)c3ccc(F)cc3)cc2)n1. The van der Waals surface area contributed by atoms with Gasteiger partial charge in [0.1, 0.15) is 5.82 Å². The first-order chi connectivity index (χ1) is 15.7. The highest BCUT2D eigenvalue weighted by atomic mass is 19.4. The molecular weight excluding hydrogens is 440 g/mol. The van der Waals surface area contributed by atoms with Gasteiger partial charge in [0.05, 0.1) is 18.4 Å². The van der Waals surface area contributed by atoms with Crippen molar-refractivity contribution in [3.05, 3.63) is 89.7 Å². The number of hydrogen-bond donors (Lipinski definition) is 1. The summed E-state index contributed by atoms with van der Waals surface area (Å²) in [7, 11) is 1.35. The van der Waals surface area contributed by atoms with Crippen LogP contribution < -0.4 is 10.1 Å². The number of ether oxygens (including phenoxy) is 1. The van der Waals surface area contributed by atoms with Gasteiger partial charge in [0.2, 0.25) is 0 Å². The Labute approximate surface area is 185 Å². The molecule has 4 aromatic rings. The Morgan fingerprint density at radius 1 is 1.00 bits per heavy atom. The number of anilines is 1.